The predicted molar refractivity (Wildman–Crippen MR) is 77.0 cm³/mol. The topological polar surface area (TPSA) is 81.4 Å². The summed E-state index contributed by atoms with van der Waals surface area (Å²) in [5, 5.41) is 0. The second kappa shape index (κ2) is 5.02. The van der Waals surface area contributed by atoms with Crippen LogP contribution in [0.25, 0.3) is 0 Å². The van der Waals surface area contributed by atoms with Gasteiger partial charge in [-0.05, 0) is 51.8 Å². The first kappa shape index (κ1) is 15.8. The van der Waals surface area contributed by atoms with E-state index in [9.17, 15) is 8.42 Å². The van der Waals surface area contributed by atoms with E-state index in [1.807, 2.05) is 0 Å². The molecule has 0 atom stereocenters. The molecule has 0 saturated heterocycles. The summed E-state index contributed by atoms with van der Waals surface area (Å²) >= 11 is 0. The van der Waals surface area contributed by atoms with E-state index in [-0.39, 0.29) is 4.90 Å². The monoisotopic (exact) mass is 286 g/mol. The van der Waals surface area contributed by atoms with Crippen molar-refractivity contribution in [2.75, 3.05) is 12.8 Å². The largest absolute Gasteiger partial charge is 0.495 e. The molecule has 0 aromatic heterocycles. The Morgan fingerprint density at radius 1 is 1.26 bits per heavy atom. The highest BCUT2D eigenvalue weighted by Crippen LogP contribution is 2.33. The highest BCUT2D eigenvalue weighted by molar-refractivity contribution is 7.89. The van der Waals surface area contributed by atoms with Crippen molar-refractivity contribution in [3.63, 3.8) is 0 Å². The van der Waals surface area contributed by atoms with Gasteiger partial charge >= 0.3 is 0 Å². The van der Waals surface area contributed by atoms with E-state index in [2.05, 4.69) is 4.72 Å². The zero-order valence-corrected chi connectivity index (χ0v) is 13.1. The molecule has 3 N–H and O–H groups in total. The molecule has 0 saturated carbocycles. The first-order valence-corrected chi connectivity index (χ1v) is 7.45. The van der Waals surface area contributed by atoms with E-state index < -0.39 is 15.6 Å². The molecule has 0 amide bonds. The minimum Gasteiger partial charge on any atom is -0.495 e. The number of nitrogens with two attached hydrogens (primary N) is 1. The van der Waals surface area contributed by atoms with Gasteiger partial charge in [-0.3, -0.25) is 0 Å². The van der Waals surface area contributed by atoms with Crippen LogP contribution in [0.4, 0.5) is 5.69 Å². The molecule has 1 aromatic rings. The fourth-order valence-electron chi connectivity index (χ4n) is 1.98. The Bertz CT molecular complexity index is 587. The summed E-state index contributed by atoms with van der Waals surface area (Å²) in [6.07, 6.45) is 0. The number of methoxy groups -OCH3 is 1. The second-order valence-corrected chi connectivity index (χ2v) is 7.24. The van der Waals surface area contributed by atoms with E-state index in [0.29, 0.717) is 22.6 Å². The van der Waals surface area contributed by atoms with Crippen LogP contribution in [0.15, 0.2) is 11.0 Å². The number of ether oxygens (including phenoxy) is 1. The highest BCUT2D eigenvalue weighted by Gasteiger charge is 2.27. The van der Waals surface area contributed by atoms with Crippen molar-refractivity contribution < 1.29 is 13.2 Å². The molecule has 0 radical (unpaired) electrons. The molecule has 0 spiro atoms. The Hall–Kier alpha value is -1.27. The molecule has 6 heteroatoms. The zero-order valence-electron chi connectivity index (χ0n) is 12.3. The van der Waals surface area contributed by atoms with Crippen molar-refractivity contribution in [3.05, 3.63) is 17.2 Å². The number of nitrogens with one attached hydrogen (secondary N) is 1. The zero-order chi connectivity index (χ0) is 15.0. The Morgan fingerprint density at radius 3 is 2.21 bits per heavy atom. The Morgan fingerprint density at radius 2 is 1.79 bits per heavy atom. The van der Waals surface area contributed by atoms with Crippen LogP contribution in [-0.2, 0) is 10.0 Å². The second-order valence-electron chi connectivity index (χ2n) is 5.62. The lowest BCUT2D eigenvalue weighted by atomic mass is 10.1. The quantitative estimate of drug-likeness (QED) is 0.832. The van der Waals surface area contributed by atoms with Gasteiger partial charge < -0.3 is 10.5 Å². The fourth-order valence-corrected chi connectivity index (χ4v) is 3.88. The minimum atomic E-state index is -3.61. The van der Waals surface area contributed by atoms with Crippen LogP contribution in [0, 0.1) is 13.8 Å². The van der Waals surface area contributed by atoms with Gasteiger partial charge in [0.1, 0.15) is 5.75 Å². The Kier molecular flexibility index (Phi) is 4.17. The van der Waals surface area contributed by atoms with Gasteiger partial charge in [-0.1, -0.05) is 0 Å². The van der Waals surface area contributed by atoms with Gasteiger partial charge in [0, 0.05) is 5.54 Å². The van der Waals surface area contributed by atoms with Crippen LogP contribution in [0.1, 0.15) is 31.9 Å². The van der Waals surface area contributed by atoms with Crippen LogP contribution in [0.2, 0.25) is 0 Å². The number of benzene rings is 1. The molecule has 1 aromatic carbocycles. The van der Waals surface area contributed by atoms with Crippen LogP contribution in [-0.4, -0.2) is 21.1 Å². The maximum atomic E-state index is 12.4. The minimum absolute atomic E-state index is 0.223. The van der Waals surface area contributed by atoms with Gasteiger partial charge in [-0.25, -0.2) is 13.1 Å². The summed E-state index contributed by atoms with van der Waals surface area (Å²) in [5.74, 6) is 0.490. The van der Waals surface area contributed by atoms with E-state index in [1.165, 1.54) is 7.11 Å². The third-order valence-corrected chi connectivity index (χ3v) is 4.69. The normalized spacial score (nSPS) is 12.5. The summed E-state index contributed by atoms with van der Waals surface area (Å²) in [6, 6.07) is 1.64. The highest BCUT2D eigenvalue weighted by atomic mass is 32.2. The smallest absolute Gasteiger partial charge is 0.241 e. The van der Waals surface area contributed by atoms with Gasteiger partial charge in [0.2, 0.25) is 10.0 Å². The van der Waals surface area contributed by atoms with Crippen molar-refractivity contribution in [2.24, 2.45) is 0 Å². The SMILES string of the molecule is COc1cc(C)c(S(=O)(=O)NC(C)(C)C)c(C)c1N. The van der Waals surface area contributed by atoms with Crippen LogP contribution >= 0.6 is 0 Å². The third-order valence-electron chi connectivity index (χ3n) is 2.65. The maximum absolute atomic E-state index is 12.4. The molecule has 0 aliphatic rings. The molecule has 0 fully saturated rings. The fraction of sp³-hybridized carbons (Fsp3) is 0.538. The molecule has 0 bridgehead atoms. The molecular weight excluding hydrogens is 264 g/mol. The average molecular weight is 286 g/mol. The van der Waals surface area contributed by atoms with Gasteiger partial charge in [0.25, 0.3) is 0 Å². The molecule has 0 heterocycles. The van der Waals surface area contributed by atoms with E-state index >= 15 is 0 Å². The first-order valence-electron chi connectivity index (χ1n) is 5.97. The van der Waals surface area contributed by atoms with Crippen molar-refractivity contribution >= 4 is 15.7 Å². The first-order chi connectivity index (χ1) is 8.49. The van der Waals surface area contributed by atoms with Crippen molar-refractivity contribution in [2.45, 2.75) is 45.1 Å². The van der Waals surface area contributed by atoms with Gasteiger partial charge in [0.15, 0.2) is 0 Å². The Balaban J connectivity index is 3.48. The van der Waals surface area contributed by atoms with Crippen LogP contribution in [0.3, 0.4) is 0 Å². The van der Waals surface area contributed by atoms with E-state index in [4.69, 9.17) is 10.5 Å². The van der Waals surface area contributed by atoms with Crippen LogP contribution in [0.5, 0.6) is 5.75 Å². The number of rotatable bonds is 3. The third kappa shape index (κ3) is 3.39. The van der Waals surface area contributed by atoms with Crippen molar-refractivity contribution in [1.82, 2.24) is 4.72 Å². The van der Waals surface area contributed by atoms with Crippen LogP contribution < -0.4 is 15.2 Å². The summed E-state index contributed by atoms with van der Waals surface area (Å²) in [7, 11) is -2.11. The number of anilines is 1. The van der Waals surface area contributed by atoms with Crippen molar-refractivity contribution in [3.8, 4) is 5.75 Å². The molecule has 19 heavy (non-hydrogen) atoms. The molecular formula is C13H22N2O3S. The van der Waals surface area contributed by atoms with E-state index in [0.717, 1.165) is 0 Å². The lowest BCUT2D eigenvalue weighted by Gasteiger charge is -2.23. The molecule has 0 aliphatic heterocycles. The number of hydrogen-bond acceptors (Lipinski definition) is 4. The maximum Gasteiger partial charge on any atom is 0.241 e. The molecule has 0 aliphatic carbocycles. The van der Waals surface area contributed by atoms with Crippen molar-refractivity contribution in [1.29, 1.82) is 0 Å². The lowest BCUT2D eigenvalue weighted by Crippen LogP contribution is -2.41. The average Bonchev–Trinajstić information content (AvgIpc) is 2.19. The molecule has 5 nitrogen and oxygen atoms in total. The summed E-state index contributed by atoms with van der Waals surface area (Å²) in [5.41, 5.74) is 6.83. The predicted octanol–water partition coefficient (Wildman–Crippen LogP) is 1.97. The molecule has 1 rings (SSSR count). The van der Waals surface area contributed by atoms with Gasteiger partial charge in [0.05, 0.1) is 17.7 Å². The van der Waals surface area contributed by atoms with Gasteiger partial charge in [-0.2, -0.15) is 0 Å². The molecule has 0 unspecified atom stereocenters. The van der Waals surface area contributed by atoms with Gasteiger partial charge in [-0.15, -0.1) is 0 Å². The standard InChI is InChI=1S/C13H22N2O3S/c1-8-7-10(18-6)11(14)9(2)12(8)19(16,17)15-13(3,4)5/h7,15H,14H2,1-6H3. The number of nitrogen functional groups attached to an aromatic ring is 1. The summed E-state index contributed by atoms with van der Waals surface area (Å²) in [4.78, 5) is 0.223. The number of sulfonamides is 1. The number of hydrogen-bond donors (Lipinski definition) is 2. The summed E-state index contributed by atoms with van der Waals surface area (Å²) in [6.45, 7) is 8.79. The van der Waals surface area contributed by atoms with E-state index in [1.54, 1.807) is 40.7 Å². The lowest BCUT2D eigenvalue weighted by molar-refractivity contribution is 0.416. The summed E-state index contributed by atoms with van der Waals surface area (Å²) < 4.78 is 32.6. The Labute approximate surface area is 115 Å². The molecule has 108 valence electrons. The number of aryl methyl sites for hydroxylation is 1.